The number of fused-ring (bicyclic) bond motifs is 1. The minimum absolute atomic E-state index is 0.532. The SMILES string of the molecule is CN(C)c1cccc(Nc2nc(NCCN3CCOCC3)c3ncn(-c4ccsc4)c3n2)c1. The van der Waals surface area contributed by atoms with Crippen molar-refractivity contribution in [2.24, 2.45) is 0 Å². The summed E-state index contributed by atoms with van der Waals surface area (Å²) in [4.78, 5) is 18.7. The Morgan fingerprint density at radius 3 is 2.82 bits per heavy atom. The van der Waals surface area contributed by atoms with E-state index in [9.17, 15) is 0 Å². The Morgan fingerprint density at radius 2 is 2.03 bits per heavy atom. The second kappa shape index (κ2) is 9.74. The van der Waals surface area contributed by atoms with Crippen LogP contribution in [0.3, 0.4) is 0 Å². The largest absolute Gasteiger partial charge is 0.379 e. The van der Waals surface area contributed by atoms with Gasteiger partial charge in [0.1, 0.15) is 6.33 Å². The molecule has 1 aromatic carbocycles. The van der Waals surface area contributed by atoms with E-state index in [0.29, 0.717) is 5.95 Å². The summed E-state index contributed by atoms with van der Waals surface area (Å²) in [5, 5.41) is 11.0. The number of thiophene rings is 1. The molecule has 9 nitrogen and oxygen atoms in total. The normalized spacial score (nSPS) is 14.5. The van der Waals surface area contributed by atoms with Crippen LogP contribution in [-0.4, -0.2) is 77.9 Å². The number of morpholine rings is 1. The quantitative estimate of drug-likeness (QED) is 0.410. The number of benzene rings is 1. The molecule has 2 N–H and O–H groups in total. The van der Waals surface area contributed by atoms with Crippen LogP contribution >= 0.6 is 11.3 Å². The predicted molar refractivity (Wildman–Crippen MR) is 134 cm³/mol. The molecule has 4 aromatic rings. The average molecular weight is 465 g/mol. The molecule has 0 radical (unpaired) electrons. The summed E-state index contributed by atoms with van der Waals surface area (Å²) < 4.78 is 7.45. The third kappa shape index (κ3) is 4.92. The first-order valence-electron chi connectivity index (χ1n) is 11.0. The van der Waals surface area contributed by atoms with Gasteiger partial charge < -0.3 is 20.3 Å². The Kier molecular flexibility index (Phi) is 6.38. The van der Waals surface area contributed by atoms with Gasteiger partial charge in [-0.05, 0) is 29.6 Å². The second-order valence-electron chi connectivity index (χ2n) is 8.11. The molecule has 10 heteroatoms. The van der Waals surface area contributed by atoms with E-state index >= 15 is 0 Å². The lowest BCUT2D eigenvalue weighted by atomic mass is 10.2. The molecule has 4 heterocycles. The maximum atomic E-state index is 5.45. The van der Waals surface area contributed by atoms with E-state index < -0.39 is 0 Å². The number of ether oxygens (including phenoxy) is 1. The maximum Gasteiger partial charge on any atom is 0.231 e. The molecule has 0 spiro atoms. The molecule has 0 unspecified atom stereocenters. The Labute approximate surface area is 197 Å². The Balaban J connectivity index is 1.45. The molecule has 0 amide bonds. The van der Waals surface area contributed by atoms with Gasteiger partial charge >= 0.3 is 0 Å². The van der Waals surface area contributed by atoms with Crippen molar-refractivity contribution in [2.75, 3.05) is 69.0 Å². The number of nitrogens with one attached hydrogen (secondary N) is 2. The van der Waals surface area contributed by atoms with E-state index in [0.717, 1.165) is 73.4 Å². The molecule has 1 aliphatic heterocycles. The molecule has 0 aliphatic carbocycles. The lowest BCUT2D eigenvalue weighted by Gasteiger charge is -2.26. The van der Waals surface area contributed by atoms with Gasteiger partial charge in [-0.3, -0.25) is 9.47 Å². The predicted octanol–water partition coefficient (Wildman–Crippen LogP) is 3.43. The van der Waals surface area contributed by atoms with Crippen molar-refractivity contribution in [1.29, 1.82) is 0 Å². The number of anilines is 4. The zero-order valence-corrected chi connectivity index (χ0v) is 19.7. The van der Waals surface area contributed by atoms with Crippen LogP contribution in [0, 0.1) is 0 Å². The number of nitrogens with zero attached hydrogens (tertiary/aromatic N) is 6. The highest BCUT2D eigenvalue weighted by Gasteiger charge is 2.16. The number of imidazole rings is 1. The Bertz CT molecular complexity index is 1200. The lowest BCUT2D eigenvalue weighted by Crippen LogP contribution is -2.39. The van der Waals surface area contributed by atoms with E-state index in [2.05, 4.69) is 54.4 Å². The standard InChI is InChI=1S/C23H28N8OS/c1-29(2)18-5-3-4-17(14-18)26-23-27-21(24-7-8-30-9-11-32-12-10-30)20-22(28-23)31(16-25-20)19-6-13-33-15-19/h3-6,13-16H,7-12H2,1-2H3,(H2,24,26,27,28). The summed E-state index contributed by atoms with van der Waals surface area (Å²) in [7, 11) is 4.05. The van der Waals surface area contributed by atoms with Crippen LogP contribution in [0.2, 0.25) is 0 Å². The highest BCUT2D eigenvalue weighted by atomic mass is 32.1. The van der Waals surface area contributed by atoms with Crippen LogP contribution < -0.4 is 15.5 Å². The lowest BCUT2D eigenvalue weighted by molar-refractivity contribution is 0.0398. The van der Waals surface area contributed by atoms with Crippen molar-refractivity contribution in [2.45, 2.75) is 0 Å². The smallest absolute Gasteiger partial charge is 0.231 e. The number of hydrogen-bond acceptors (Lipinski definition) is 9. The summed E-state index contributed by atoms with van der Waals surface area (Å²) >= 11 is 1.65. The van der Waals surface area contributed by atoms with Crippen LogP contribution in [-0.2, 0) is 4.74 Å². The van der Waals surface area contributed by atoms with Crippen LogP contribution in [0.4, 0.5) is 23.1 Å². The molecule has 172 valence electrons. The molecule has 0 bridgehead atoms. The first-order valence-corrected chi connectivity index (χ1v) is 12.0. The zero-order chi connectivity index (χ0) is 22.6. The van der Waals surface area contributed by atoms with Crippen molar-refractivity contribution in [3.63, 3.8) is 0 Å². The first kappa shape index (κ1) is 21.6. The van der Waals surface area contributed by atoms with Gasteiger partial charge in [0.15, 0.2) is 17.0 Å². The zero-order valence-electron chi connectivity index (χ0n) is 18.9. The minimum atomic E-state index is 0.532. The monoisotopic (exact) mass is 464 g/mol. The van der Waals surface area contributed by atoms with Crippen molar-refractivity contribution in [3.05, 3.63) is 47.4 Å². The maximum absolute atomic E-state index is 5.45. The first-order chi connectivity index (χ1) is 16.2. The number of aromatic nitrogens is 4. The van der Waals surface area contributed by atoms with E-state index in [-0.39, 0.29) is 0 Å². The van der Waals surface area contributed by atoms with Crippen molar-refractivity contribution >= 4 is 45.6 Å². The van der Waals surface area contributed by atoms with Crippen molar-refractivity contribution in [3.8, 4) is 5.69 Å². The minimum Gasteiger partial charge on any atom is -0.379 e. The highest BCUT2D eigenvalue weighted by Crippen LogP contribution is 2.26. The van der Waals surface area contributed by atoms with Gasteiger partial charge in [0.25, 0.3) is 0 Å². The van der Waals surface area contributed by atoms with Gasteiger partial charge in [0, 0.05) is 57.0 Å². The van der Waals surface area contributed by atoms with E-state index in [1.165, 1.54) is 0 Å². The topological polar surface area (TPSA) is 83.4 Å². The van der Waals surface area contributed by atoms with Crippen LogP contribution in [0.5, 0.6) is 0 Å². The molecular formula is C23H28N8OS. The van der Waals surface area contributed by atoms with Crippen LogP contribution in [0.1, 0.15) is 0 Å². The van der Waals surface area contributed by atoms with Crippen molar-refractivity contribution < 1.29 is 4.74 Å². The van der Waals surface area contributed by atoms with E-state index in [1.807, 2.05) is 37.1 Å². The molecule has 0 saturated carbocycles. The van der Waals surface area contributed by atoms with Crippen LogP contribution in [0.15, 0.2) is 47.4 Å². The molecule has 33 heavy (non-hydrogen) atoms. The van der Waals surface area contributed by atoms with Gasteiger partial charge in [-0.15, -0.1) is 0 Å². The molecule has 3 aromatic heterocycles. The second-order valence-corrected chi connectivity index (χ2v) is 8.89. The fraction of sp³-hybridized carbons (Fsp3) is 0.348. The Hall–Kier alpha value is -3.21. The summed E-state index contributed by atoms with van der Waals surface area (Å²) in [5.74, 6) is 1.26. The van der Waals surface area contributed by atoms with Gasteiger partial charge in [-0.1, -0.05) is 6.07 Å². The number of rotatable bonds is 8. The third-order valence-corrected chi connectivity index (χ3v) is 6.29. The molecule has 1 aliphatic rings. The summed E-state index contributed by atoms with van der Waals surface area (Å²) in [6.45, 7) is 5.21. The van der Waals surface area contributed by atoms with Gasteiger partial charge in [0.2, 0.25) is 5.95 Å². The van der Waals surface area contributed by atoms with E-state index in [4.69, 9.17) is 14.7 Å². The summed E-state index contributed by atoms with van der Waals surface area (Å²) in [6.07, 6.45) is 1.81. The van der Waals surface area contributed by atoms with Gasteiger partial charge in [-0.25, -0.2) is 4.98 Å². The van der Waals surface area contributed by atoms with Gasteiger partial charge in [0.05, 0.1) is 18.9 Å². The average Bonchev–Trinajstić information content (AvgIpc) is 3.50. The summed E-state index contributed by atoms with van der Waals surface area (Å²) in [5.41, 5.74) is 4.61. The molecular weight excluding hydrogens is 436 g/mol. The third-order valence-electron chi connectivity index (χ3n) is 5.62. The van der Waals surface area contributed by atoms with E-state index in [1.54, 1.807) is 11.3 Å². The molecule has 5 rings (SSSR count). The highest BCUT2D eigenvalue weighted by molar-refractivity contribution is 7.08. The summed E-state index contributed by atoms with van der Waals surface area (Å²) in [6, 6.07) is 10.2. The fourth-order valence-electron chi connectivity index (χ4n) is 3.81. The van der Waals surface area contributed by atoms with Crippen molar-refractivity contribution in [1.82, 2.24) is 24.4 Å². The van der Waals surface area contributed by atoms with Crippen LogP contribution in [0.25, 0.3) is 16.9 Å². The number of hydrogen-bond donors (Lipinski definition) is 2. The molecule has 1 saturated heterocycles. The Morgan fingerprint density at radius 1 is 1.15 bits per heavy atom. The molecule has 0 atom stereocenters. The molecule has 1 fully saturated rings. The fourth-order valence-corrected chi connectivity index (χ4v) is 4.44. The van der Waals surface area contributed by atoms with Gasteiger partial charge in [-0.2, -0.15) is 21.3 Å².